The van der Waals surface area contributed by atoms with Crippen LogP contribution in [0.15, 0.2) is 91.3 Å². The fraction of sp³-hybridized carbons (Fsp3) is 0.115. The number of ether oxygens (including phenoxy) is 1. The largest absolute Gasteiger partial charge is 0.489 e. The molecule has 0 aliphatic carbocycles. The van der Waals surface area contributed by atoms with E-state index in [4.69, 9.17) is 4.74 Å². The number of aromatic nitrogens is 1. The first-order valence-electron chi connectivity index (χ1n) is 10.3. The lowest BCUT2D eigenvalue weighted by atomic mass is 10.0. The van der Waals surface area contributed by atoms with E-state index in [9.17, 15) is 9.59 Å². The van der Waals surface area contributed by atoms with E-state index >= 15 is 0 Å². The van der Waals surface area contributed by atoms with Gasteiger partial charge in [-0.05, 0) is 34.5 Å². The molecule has 0 aliphatic rings. The highest BCUT2D eigenvalue weighted by Gasteiger charge is 2.09. The predicted molar refractivity (Wildman–Crippen MR) is 124 cm³/mol. The van der Waals surface area contributed by atoms with Gasteiger partial charge in [0.1, 0.15) is 12.4 Å². The maximum atomic E-state index is 12.4. The van der Waals surface area contributed by atoms with Gasteiger partial charge in [0.05, 0.1) is 13.0 Å². The Hall–Kier alpha value is -4.19. The molecule has 0 bridgehead atoms. The molecule has 0 radical (unpaired) electrons. The Labute approximate surface area is 186 Å². The van der Waals surface area contributed by atoms with Crippen LogP contribution in [0, 0.1) is 0 Å². The van der Waals surface area contributed by atoms with Crippen LogP contribution < -0.4 is 15.4 Å². The van der Waals surface area contributed by atoms with Crippen LogP contribution in [0.25, 0.3) is 10.8 Å². The van der Waals surface area contributed by atoms with E-state index in [1.807, 2.05) is 60.7 Å². The normalized spacial score (nSPS) is 10.5. The molecule has 0 unspecified atom stereocenters. The van der Waals surface area contributed by atoms with Crippen LogP contribution in [0.1, 0.15) is 11.1 Å². The zero-order chi connectivity index (χ0) is 22.2. The molecule has 0 spiro atoms. The molecule has 6 nitrogen and oxygen atoms in total. The molecule has 6 heteroatoms. The van der Waals surface area contributed by atoms with Gasteiger partial charge in [-0.25, -0.2) is 0 Å². The molecule has 0 atom stereocenters. The van der Waals surface area contributed by atoms with Gasteiger partial charge in [-0.15, -0.1) is 0 Å². The second kappa shape index (κ2) is 10.2. The average molecular weight is 425 g/mol. The summed E-state index contributed by atoms with van der Waals surface area (Å²) in [5.74, 6) is 0.123. The number of rotatable bonds is 8. The molecule has 0 fully saturated rings. The van der Waals surface area contributed by atoms with Gasteiger partial charge >= 0.3 is 0 Å². The van der Waals surface area contributed by atoms with Crippen molar-refractivity contribution in [3.63, 3.8) is 0 Å². The zero-order valence-electron chi connectivity index (χ0n) is 17.5. The lowest BCUT2D eigenvalue weighted by Crippen LogP contribution is -2.33. The number of hydrogen-bond donors (Lipinski definition) is 2. The molecule has 1 heterocycles. The van der Waals surface area contributed by atoms with E-state index in [1.54, 1.807) is 30.6 Å². The van der Waals surface area contributed by atoms with Gasteiger partial charge in [0.25, 0.3) is 0 Å². The average Bonchev–Trinajstić information content (AvgIpc) is 2.83. The van der Waals surface area contributed by atoms with Gasteiger partial charge in [-0.3, -0.25) is 14.6 Å². The second-order valence-corrected chi connectivity index (χ2v) is 7.32. The third-order valence-electron chi connectivity index (χ3n) is 4.92. The van der Waals surface area contributed by atoms with Gasteiger partial charge < -0.3 is 15.4 Å². The van der Waals surface area contributed by atoms with Crippen molar-refractivity contribution in [2.45, 2.75) is 13.0 Å². The Morgan fingerprint density at radius 1 is 0.875 bits per heavy atom. The fourth-order valence-electron chi connectivity index (χ4n) is 3.38. The molecule has 1 aromatic heterocycles. The third-order valence-corrected chi connectivity index (χ3v) is 4.92. The van der Waals surface area contributed by atoms with E-state index < -0.39 is 0 Å². The van der Waals surface area contributed by atoms with Crippen molar-refractivity contribution in [2.75, 3.05) is 11.9 Å². The SMILES string of the molecule is O=C(Cc1cccc2ccccc12)NCC(=O)Nc1cccc(OCc2cccnc2)c1. The Bertz CT molecular complexity index is 1220. The van der Waals surface area contributed by atoms with Crippen LogP contribution in [-0.2, 0) is 22.6 Å². The maximum Gasteiger partial charge on any atom is 0.243 e. The first-order chi connectivity index (χ1) is 15.7. The molecule has 4 aromatic rings. The van der Waals surface area contributed by atoms with Crippen molar-refractivity contribution in [3.05, 3.63) is 102 Å². The number of hydrogen-bond acceptors (Lipinski definition) is 4. The topological polar surface area (TPSA) is 80.3 Å². The summed E-state index contributed by atoms with van der Waals surface area (Å²) in [4.78, 5) is 28.7. The lowest BCUT2D eigenvalue weighted by molar-refractivity contribution is -0.123. The van der Waals surface area contributed by atoms with E-state index in [0.29, 0.717) is 18.0 Å². The maximum absolute atomic E-state index is 12.4. The summed E-state index contributed by atoms with van der Waals surface area (Å²) in [5.41, 5.74) is 2.48. The van der Waals surface area contributed by atoms with Crippen LogP contribution >= 0.6 is 0 Å². The molecule has 2 amide bonds. The van der Waals surface area contributed by atoms with E-state index in [1.165, 1.54) is 0 Å². The molecular formula is C26H23N3O3. The van der Waals surface area contributed by atoms with Gasteiger partial charge in [0.15, 0.2) is 0 Å². The minimum absolute atomic E-state index is 0.107. The van der Waals surface area contributed by atoms with E-state index in [0.717, 1.165) is 21.9 Å². The number of benzene rings is 3. The number of pyridine rings is 1. The molecule has 0 saturated heterocycles. The van der Waals surface area contributed by atoms with Gasteiger partial charge in [-0.1, -0.05) is 54.6 Å². The predicted octanol–water partition coefficient (Wildman–Crippen LogP) is 4.11. The quantitative estimate of drug-likeness (QED) is 0.445. The van der Waals surface area contributed by atoms with Gasteiger partial charge in [0.2, 0.25) is 11.8 Å². The number of amides is 2. The standard InChI is InChI=1S/C26H23N3O3/c30-25(14-21-9-3-8-20-7-1-2-12-24(20)21)28-17-26(31)29-22-10-4-11-23(15-22)32-18-19-6-5-13-27-16-19/h1-13,15-16H,14,17-18H2,(H,28,30)(H,29,31). The molecule has 160 valence electrons. The van der Waals surface area contributed by atoms with Crippen molar-refractivity contribution in [1.29, 1.82) is 0 Å². The van der Waals surface area contributed by atoms with Crippen LogP contribution in [0.2, 0.25) is 0 Å². The second-order valence-electron chi connectivity index (χ2n) is 7.32. The van der Waals surface area contributed by atoms with E-state index in [2.05, 4.69) is 15.6 Å². The molecule has 4 rings (SSSR count). The van der Waals surface area contributed by atoms with E-state index in [-0.39, 0.29) is 24.8 Å². The Balaban J connectivity index is 1.28. The summed E-state index contributed by atoms with van der Waals surface area (Å²) in [7, 11) is 0. The Kier molecular flexibility index (Phi) is 6.72. The summed E-state index contributed by atoms with van der Waals surface area (Å²) in [5, 5.41) is 7.60. The molecule has 0 aliphatic heterocycles. The summed E-state index contributed by atoms with van der Waals surface area (Å²) < 4.78 is 5.75. The highest BCUT2D eigenvalue weighted by atomic mass is 16.5. The highest BCUT2D eigenvalue weighted by molar-refractivity contribution is 5.96. The third kappa shape index (κ3) is 5.70. The zero-order valence-corrected chi connectivity index (χ0v) is 17.5. The molecule has 0 saturated carbocycles. The van der Waals surface area contributed by atoms with Crippen molar-refractivity contribution in [3.8, 4) is 5.75 Å². The number of anilines is 1. The van der Waals surface area contributed by atoms with Crippen molar-refractivity contribution >= 4 is 28.3 Å². The number of fused-ring (bicyclic) bond motifs is 1. The van der Waals surface area contributed by atoms with Crippen molar-refractivity contribution in [1.82, 2.24) is 10.3 Å². The van der Waals surface area contributed by atoms with Gasteiger partial charge in [-0.2, -0.15) is 0 Å². The molecule has 32 heavy (non-hydrogen) atoms. The van der Waals surface area contributed by atoms with Crippen molar-refractivity contribution < 1.29 is 14.3 Å². The summed E-state index contributed by atoms with van der Waals surface area (Å²) >= 11 is 0. The highest BCUT2D eigenvalue weighted by Crippen LogP contribution is 2.19. The minimum Gasteiger partial charge on any atom is -0.489 e. The van der Waals surface area contributed by atoms with Crippen LogP contribution in [0.5, 0.6) is 5.75 Å². The monoisotopic (exact) mass is 425 g/mol. The minimum atomic E-state index is -0.305. The van der Waals surface area contributed by atoms with Crippen LogP contribution in [0.4, 0.5) is 5.69 Å². The number of carbonyl (C=O) groups is 2. The molecular weight excluding hydrogens is 402 g/mol. The smallest absolute Gasteiger partial charge is 0.243 e. The van der Waals surface area contributed by atoms with Gasteiger partial charge in [0, 0.05) is 29.7 Å². The number of nitrogens with zero attached hydrogens (tertiary/aromatic N) is 1. The molecule has 3 aromatic carbocycles. The number of carbonyl (C=O) groups excluding carboxylic acids is 2. The Morgan fingerprint density at radius 2 is 1.72 bits per heavy atom. The van der Waals surface area contributed by atoms with Crippen LogP contribution in [0.3, 0.4) is 0 Å². The van der Waals surface area contributed by atoms with Crippen LogP contribution in [-0.4, -0.2) is 23.3 Å². The lowest BCUT2D eigenvalue weighted by Gasteiger charge is -2.10. The Morgan fingerprint density at radius 3 is 2.59 bits per heavy atom. The first-order valence-corrected chi connectivity index (χ1v) is 10.3. The summed E-state index contributed by atoms with van der Waals surface area (Å²) in [6.07, 6.45) is 3.67. The number of nitrogens with one attached hydrogen (secondary N) is 2. The summed E-state index contributed by atoms with van der Waals surface area (Å²) in [6, 6.07) is 24.7. The fourth-order valence-corrected chi connectivity index (χ4v) is 3.38. The molecule has 2 N–H and O–H groups in total. The first kappa shape index (κ1) is 21.1. The summed E-state index contributed by atoms with van der Waals surface area (Å²) in [6.45, 7) is 0.278. The van der Waals surface area contributed by atoms with Crippen molar-refractivity contribution in [2.24, 2.45) is 0 Å².